The van der Waals surface area contributed by atoms with E-state index in [4.69, 9.17) is 0 Å². The third kappa shape index (κ3) is 3.99. The largest absolute Gasteiger partial charge is 0.326 e. The number of nitrogens with zero attached hydrogens (tertiary/aromatic N) is 3. The zero-order valence-electron chi connectivity index (χ0n) is 16.2. The van der Waals surface area contributed by atoms with Gasteiger partial charge in [-0.15, -0.1) is 0 Å². The van der Waals surface area contributed by atoms with Crippen LogP contribution in [-0.2, 0) is 9.59 Å². The van der Waals surface area contributed by atoms with Gasteiger partial charge in [-0.2, -0.15) is 0 Å². The molecule has 0 atom stereocenters. The van der Waals surface area contributed by atoms with E-state index in [1.165, 1.54) is 34.1 Å². The van der Waals surface area contributed by atoms with Crippen molar-refractivity contribution in [3.05, 3.63) is 65.5 Å². The molecule has 1 aliphatic heterocycles. The predicted octanol–water partition coefficient (Wildman–Crippen LogP) is 2.57. The van der Waals surface area contributed by atoms with Gasteiger partial charge in [-0.25, -0.2) is 4.39 Å². The van der Waals surface area contributed by atoms with Crippen LogP contribution < -0.4 is 4.90 Å². The molecule has 7 heteroatoms. The number of rotatable bonds is 5. The first-order chi connectivity index (χ1) is 13.9. The lowest BCUT2D eigenvalue weighted by Crippen LogP contribution is -2.44. The normalized spacial score (nSPS) is 16.3. The molecule has 0 aromatic heterocycles. The highest BCUT2D eigenvalue weighted by Gasteiger charge is 2.38. The lowest BCUT2D eigenvalue weighted by molar-refractivity contribution is -0.132. The summed E-state index contributed by atoms with van der Waals surface area (Å²) in [7, 11) is 0. The van der Waals surface area contributed by atoms with E-state index in [1.807, 2.05) is 25.1 Å². The molecular weight excluding hydrogens is 373 g/mol. The van der Waals surface area contributed by atoms with Crippen LogP contribution in [0.15, 0.2) is 48.5 Å². The highest BCUT2D eigenvalue weighted by atomic mass is 19.1. The summed E-state index contributed by atoms with van der Waals surface area (Å²) in [5, 5.41) is 0. The molecule has 4 rings (SSSR count). The Morgan fingerprint density at radius 1 is 1.10 bits per heavy atom. The first kappa shape index (κ1) is 19.1. The molecule has 0 bridgehead atoms. The fourth-order valence-corrected chi connectivity index (χ4v) is 3.53. The van der Waals surface area contributed by atoms with Gasteiger partial charge in [0.15, 0.2) is 0 Å². The van der Waals surface area contributed by atoms with E-state index in [9.17, 15) is 18.8 Å². The Kier molecular flexibility index (Phi) is 5.05. The first-order valence-corrected chi connectivity index (χ1v) is 9.64. The van der Waals surface area contributed by atoms with E-state index in [0.717, 1.165) is 18.4 Å². The van der Waals surface area contributed by atoms with Crippen LogP contribution in [0.2, 0.25) is 0 Å². The summed E-state index contributed by atoms with van der Waals surface area (Å²) in [5.74, 6) is -1.03. The monoisotopic (exact) mass is 395 g/mol. The lowest BCUT2D eigenvalue weighted by atomic mass is 10.1. The van der Waals surface area contributed by atoms with Crippen LogP contribution in [-0.4, -0.2) is 53.3 Å². The molecule has 150 valence electrons. The van der Waals surface area contributed by atoms with Crippen molar-refractivity contribution in [2.75, 3.05) is 24.7 Å². The number of carbonyl (C=O) groups excluding carboxylic acids is 3. The number of hydrogen-bond donors (Lipinski definition) is 0. The number of hydrogen-bond acceptors (Lipinski definition) is 3. The van der Waals surface area contributed by atoms with Gasteiger partial charge in [-0.1, -0.05) is 18.2 Å². The maximum Gasteiger partial charge on any atom is 0.254 e. The molecule has 6 nitrogen and oxygen atoms in total. The van der Waals surface area contributed by atoms with E-state index >= 15 is 0 Å². The van der Waals surface area contributed by atoms with Crippen LogP contribution in [0.1, 0.15) is 28.8 Å². The minimum atomic E-state index is -0.386. The fraction of sp³-hybridized carbons (Fsp3) is 0.318. The Hall–Kier alpha value is -3.22. The van der Waals surface area contributed by atoms with Crippen molar-refractivity contribution in [1.29, 1.82) is 0 Å². The van der Waals surface area contributed by atoms with E-state index in [0.29, 0.717) is 11.3 Å². The molecule has 0 radical (unpaired) electrons. The van der Waals surface area contributed by atoms with Gasteiger partial charge in [0, 0.05) is 17.3 Å². The molecular formula is C22H22FN3O3. The molecule has 29 heavy (non-hydrogen) atoms. The molecule has 2 aliphatic rings. The fourth-order valence-electron chi connectivity index (χ4n) is 3.53. The highest BCUT2D eigenvalue weighted by molar-refractivity contribution is 6.02. The van der Waals surface area contributed by atoms with Gasteiger partial charge in [-0.05, 0) is 55.7 Å². The third-order valence-electron chi connectivity index (χ3n) is 5.36. The van der Waals surface area contributed by atoms with Gasteiger partial charge in [0.25, 0.3) is 5.91 Å². The smallest absolute Gasteiger partial charge is 0.254 e. The van der Waals surface area contributed by atoms with Crippen molar-refractivity contribution in [3.63, 3.8) is 0 Å². The molecule has 1 heterocycles. The van der Waals surface area contributed by atoms with Gasteiger partial charge in [0.05, 0.1) is 0 Å². The van der Waals surface area contributed by atoms with E-state index in [1.54, 1.807) is 11.0 Å². The lowest BCUT2D eigenvalue weighted by Gasteiger charge is -2.25. The van der Waals surface area contributed by atoms with Crippen molar-refractivity contribution in [2.24, 2.45) is 0 Å². The van der Waals surface area contributed by atoms with Crippen LogP contribution in [0.3, 0.4) is 0 Å². The Morgan fingerprint density at radius 3 is 2.45 bits per heavy atom. The van der Waals surface area contributed by atoms with Gasteiger partial charge in [0.1, 0.15) is 25.6 Å². The van der Waals surface area contributed by atoms with Gasteiger partial charge in [0.2, 0.25) is 11.8 Å². The second kappa shape index (κ2) is 7.66. The standard InChI is InChI=1S/C22H22FN3O3/c1-15-4-2-3-5-19(15)22(29)25(17-10-11-17)13-20(27)24-12-21(28)26(14-24)18-8-6-16(23)7-9-18/h2-9,17H,10-14H2,1H3. The molecule has 0 spiro atoms. The average Bonchev–Trinajstić information content (AvgIpc) is 3.48. The van der Waals surface area contributed by atoms with Crippen LogP contribution >= 0.6 is 0 Å². The van der Waals surface area contributed by atoms with Crippen molar-refractivity contribution in [1.82, 2.24) is 9.80 Å². The van der Waals surface area contributed by atoms with Gasteiger partial charge >= 0.3 is 0 Å². The van der Waals surface area contributed by atoms with Crippen LogP contribution in [0, 0.1) is 12.7 Å². The summed E-state index contributed by atoms with van der Waals surface area (Å²) in [6.07, 6.45) is 1.76. The summed E-state index contributed by atoms with van der Waals surface area (Å²) < 4.78 is 13.1. The molecule has 1 saturated heterocycles. The molecule has 0 unspecified atom stereocenters. The second-order valence-corrected chi connectivity index (χ2v) is 7.51. The third-order valence-corrected chi connectivity index (χ3v) is 5.36. The SMILES string of the molecule is Cc1ccccc1C(=O)N(CC(=O)N1CC(=O)N(c2ccc(F)cc2)C1)C1CC1. The summed E-state index contributed by atoms with van der Waals surface area (Å²) >= 11 is 0. The maximum atomic E-state index is 13.1. The minimum Gasteiger partial charge on any atom is -0.326 e. The van der Waals surface area contributed by atoms with Crippen LogP contribution in [0.25, 0.3) is 0 Å². The van der Waals surface area contributed by atoms with Gasteiger partial charge in [-0.3, -0.25) is 19.3 Å². The van der Waals surface area contributed by atoms with E-state index in [2.05, 4.69) is 0 Å². The van der Waals surface area contributed by atoms with Crippen LogP contribution in [0.5, 0.6) is 0 Å². The van der Waals surface area contributed by atoms with Gasteiger partial charge < -0.3 is 9.80 Å². The summed E-state index contributed by atoms with van der Waals surface area (Å²) in [6.45, 7) is 1.87. The molecule has 2 fully saturated rings. The summed E-state index contributed by atoms with van der Waals surface area (Å²) in [4.78, 5) is 42.8. The molecule has 1 saturated carbocycles. The quantitative estimate of drug-likeness (QED) is 0.782. The zero-order valence-corrected chi connectivity index (χ0v) is 16.2. The minimum absolute atomic E-state index is 0.0483. The Morgan fingerprint density at radius 2 is 1.79 bits per heavy atom. The molecule has 1 aliphatic carbocycles. The Labute approximate surface area is 168 Å². The number of aryl methyl sites for hydroxylation is 1. The number of benzene rings is 2. The highest BCUT2D eigenvalue weighted by Crippen LogP contribution is 2.29. The zero-order chi connectivity index (χ0) is 20.5. The van der Waals surface area contributed by atoms with Crippen molar-refractivity contribution >= 4 is 23.4 Å². The second-order valence-electron chi connectivity index (χ2n) is 7.51. The Balaban J connectivity index is 1.46. The van der Waals surface area contributed by atoms with Crippen molar-refractivity contribution in [2.45, 2.75) is 25.8 Å². The summed E-state index contributed by atoms with van der Waals surface area (Å²) in [5.41, 5.74) is 2.01. The number of carbonyl (C=O) groups is 3. The number of amides is 3. The van der Waals surface area contributed by atoms with Crippen molar-refractivity contribution in [3.8, 4) is 0 Å². The average molecular weight is 395 g/mol. The molecule has 2 aromatic carbocycles. The van der Waals surface area contributed by atoms with Crippen molar-refractivity contribution < 1.29 is 18.8 Å². The number of halogens is 1. The molecule has 0 N–H and O–H groups in total. The maximum absolute atomic E-state index is 13.1. The number of anilines is 1. The predicted molar refractivity (Wildman–Crippen MR) is 106 cm³/mol. The molecule has 3 amide bonds. The first-order valence-electron chi connectivity index (χ1n) is 9.64. The van der Waals surface area contributed by atoms with E-state index in [-0.39, 0.29) is 49.3 Å². The topological polar surface area (TPSA) is 60.9 Å². The van der Waals surface area contributed by atoms with E-state index < -0.39 is 0 Å². The summed E-state index contributed by atoms with van der Waals surface area (Å²) in [6, 6.07) is 13.0. The van der Waals surface area contributed by atoms with Crippen LogP contribution in [0.4, 0.5) is 10.1 Å². The Bertz CT molecular complexity index is 956. The molecule has 2 aromatic rings.